The van der Waals surface area contributed by atoms with E-state index in [1.54, 1.807) is 36.5 Å². The molecule has 1 atom stereocenters. The molecule has 4 aromatic rings. The van der Waals surface area contributed by atoms with Crippen molar-refractivity contribution in [1.82, 2.24) is 9.66 Å². The summed E-state index contributed by atoms with van der Waals surface area (Å²) >= 11 is 3.41. The monoisotopic (exact) mass is 550 g/mol. The quantitative estimate of drug-likeness (QED) is 0.284. The van der Waals surface area contributed by atoms with E-state index in [2.05, 4.69) is 26.3 Å². The average Bonchev–Trinajstić information content (AvgIpc) is 2.87. The van der Waals surface area contributed by atoms with Crippen molar-refractivity contribution in [2.45, 2.75) is 26.2 Å². The number of rotatable bonds is 8. The van der Waals surface area contributed by atoms with Crippen LogP contribution in [0.15, 0.2) is 81.1 Å². The zero-order valence-electron chi connectivity index (χ0n) is 19.7. The predicted molar refractivity (Wildman–Crippen MR) is 142 cm³/mol. The van der Waals surface area contributed by atoms with Crippen LogP contribution >= 0.6 is 15.9 Å². The van der Waals surface area contributed by atoms with E-state index in [4.69, 9.17) is 9.72 Å². The number of nitrogens with one attached hydrogen (secondary N) is 1. The van der Waals surface area contributed by atoms with E-state index in [0.717, 1.165) is 10.9 Å². The number of hydrogen-bond acceptors (Lipinski definition) is 5. The number of carbonyl (C=O) groups is 1. The fraction of sp³-hybridized carbons (Fsp3) is 0.185. The third-order valence-corrected chi connectivity index (χ3v) is 6.04. The minimum atomic E-state index is -0.439. The fourth-order valence-electron chi connectivity index (χ4n) is 3.50. The zero-order valence-corrected chi connectivity index (χ0v) is 21.3. The molecule has 0 aliphatic rings. The summed E-state index contributed by atoms with van der Waals surface area (Å²) in [4.78, 5) is 30.1. The van der Waals surface area contributed by atoms with Crippen molar-refractivity contribution in [3.63, 3.8) is 0 Å². The Kier molecular flexibility index (Phi) is 7.90. The first-order chi connectivity index (χ1) is 17.3. The van der Waals surface area contributed by atoms with Crippen molar-refractivity contribution in [1.29, 1.82) is 0 Å². The van der Waals surface area contributed by atoms with Crippen LogP contribution in [0.2, 0.25) is 0 Å². The molecule has 0 aliphatic heterocycles. The Hall–Kier alpha value is -3.85. The van der Waals surface area contributed by atoms with E-state index in [1.807, 2.05) is 32.0 Å². The second kappa shape index (κ2) is 11.3. The lowest BCUT2D eigenvalue weighted by Gasteiger charge is -2.14. The number of amides is 1. The molecule has 7 nitrogen and oxygen atoms in total. The van der Waals surface area contributed by atoms with E-state index >= 15 is 0 Å². The maximum atomic E-state index is 13.3. The molecule has 36 heavy (non-hydrogen) atoms. The topological polar surface area (TPSA) is 85.6 Å². The molecule has 1 amide bonds. The highest BCUT2D eigenvalue weighted by Crippen LogP contribution is 2.21. The molecule has 0 fully saturated rings. The third-order valence-electron chi connectivity index (χ3n) is 5.55. The first-order valence-electron chi connectivity index (χ1n) is 11.4. The molecule has 3 aromatic carbocycles. The van der Waals surface area contributed by atoms with Crippen LogP contribution in [0, 0.1) is 5.82 Å². The van der Waals surface area contributed by atoms with Crippen LogP contribution in [-0.2, 0) is 4.79 Å². The molecule has 1 aromatic heterocycles. The molecule has 0 unspecified atom stereocenters. The Labute approximate surface area is 215 Å². The first-order valence-corrected chi connectivity index (χ1v) is 12.2. The predicted octanol–water partition coefficient (Wildman–Crippen LogP) is 5.71. The Morgan fingerprint density at radius 3 is 2.78 bits per heavy atom. The van der Waals surface area contributed by atoms with Crippen molar-refractivity contribution < 1.29 is 13.9 Å². The average molecular weight is 551 g/mol. The molecule has 1 N–H and O–H groups in total. The molecule has 1 heterocycles. The molecular weight excluding hydrogens is 527 g/mol. The van der Waals surface area contributed by atoms with E-state index < -0.39 is 11.7 Å². The summed E-state index contributed by atoms with van der Waals surface area (Å²) in [6, 6.07) is 18.0. The van der Waals surface area contributed by atoms with Crippen LogP contribution in [0.5, 0.6) is 5.75 Å². The number of anilines is 1. The number of benzene rings is 3. The van der Waals surface area contributed by atoms with E-state index in [9.17, 15) is 14.0 Å². The summed E-state index contributed by atoms with van der Waals surface area (Å²) in [5.41, 5.74) is 1.39. The number of ether oxygens (including phenoxy) is 1. The van der Waals surface area contributed by atoms with Crippen molar-refractivity contribution >= 4 is 44.6 Å². The van der Waals surface area contributed by atoms with Crippen LogP contribution in [0.1, 0.15) is 37.6 Å². The highest BCUT2D eigenvalue weighted by Gasteiger charge is 2.15. The van der Waals surface area contributed by atoms with Crippen LogP contribution < -0.4 is 15.6 Å². The SMILES string of the molecule is CC[C@H](C)c1nc2ccc(Br)cc2c(=O)n1N=Cc1cccc(OCC(=O)Nc2cccc(F)c2)c1. The molecule has 0 saturated heterocycles. The van der Waals surface area contributed by atoms with Gasteiger partial charge in [-0.05, 0) is 60.5 Å². The molecule has 9 heteroatoms. The van der Waals surface area contributed by atoms with Crippen molar-refractivity contribution in [3.05, 3.63) is 98.8 Å². The Morgan fingerprint density at radius 1 is 1.19 bits per heavy atom. The van der Waals surface area contributed by atoms with Gasteiger partial charge in [-0.1, -0.05) is 48.0 Å². The maximum absolute atomic E-state index is 13.3. The second-order valence-corrected chi connectivity index (χ2v) is 9.14. The normalized spacial score (nSPS) is 12.1. The second-order valence-electron chi connectivity index (χ2n) is 8.22. The molecular formula is C27H24BrFN4O3. The Bertz CT molecular complexity index is 1500. The molecule has 0 radical (unpaired) electrons. The number of hydrogen-bond donors (Lipinski definition) is 1. The third kappa shape index (κ3) is 6.04. The lowest BCUT2D eigenvalue weighted by molar-refractivity contribution is -0.118. The molecule has 0 saturated carbocycles. The lowest BCUT2D eigenvalue weighted by atomic mass is 10.1. The van der Waals surface area contributed by atoms with Gasteiger partial charge in [0.25, 0.3) is 11.5 Å². The zero-order chi connectivity index (χ0) is 25.7. The fourth-order valence-corrected chi connectivity index (χ4v) is 3.86. The van der Waals surface area contributed by atoms with Gasteiger partial charge in [-0.2, -0.15) is 9.78 Å². The van der Waals surface area contributed by atoms with Gasteiger partial charge in [-0.3, -0.25) is 9.59 Å². The lowest BCUT2D eigenvalue weighted by Crippen LogP contribution is -2.23. The highest BCUT2D eigenvalue weighted by atomic mass is 79.9. The van der Waals surface area contributed by atoms with Gasteiger partial charge in [-0.25, -0.2) is 9.37 Å². The summed E-state index contributed by atoms with van der Waals surface area (Å²) < 4.78 is 21.0. The molecule has 184 valence electrons. The smallest absolute Gasteiger partial charge is 0.282 e. The van der Waals surface area contributed by atoms with Gasteiger partial charge in [0.15, 0.2) is 6.61 Å². The summed E-state index contributed by atoms with van der Waals surface area (Å²) in [5.74, 6) is 0.191. The summed E-state index contributed by atoms with van der Waals surface area (Å²) in [7, 11) is 0. The van der Waals surface area contributed by atoms with Gasteiger partial charge in [0.2, 0.25) is 0 Å². The minimum Gasteiger partial charge on any atom is -0.484 e. The van der Waals surface area contributed by atoms with E-state index in [-0.39, 0.29) is 18.1 Å². The largest absolute Gasteiger partial charge is 0.484 e. The van der Waals surface area contributed by atoms with E-state index in [0.29, 0.717) is 33.7 Å². The van der Waals surface area contributed by atoms with E-state index in [1.165, 1.54) is 22.9 Å². The van der Waals surface area contributed by atoms with Gasteiger partial charge >= 0.3 is 0 Å². The van der Waals surface area contributed by atoms with Crippen molar-refractivity contribution in [2.75, 3.05) is 11.9 Å². The number of nitrogens with zero attached hydrogens (tertiary/aromatic N) is 3. The molecule has 0 bridgehead atoms. The van der Waals surface area contributed by atoms with Gasteiger partial charge in [0.05, 0.1) is 17.1 Å². The Balaban J connectivity index is 1.54. The van der Waals surface area contributed by atoms with Gasteiger partial charge in [-0.15, -0.1) is 0 Å². The number of halogens is 2. The van der Waals surface area contributed by atoms with Crippen LogP contribution in [-0.4, -0.2) is 28.4 Å². The first kappa shape index (κ1) is 25.2. The van der Waals surface area contributed by atoms with Gasteiger partial charge in [0, 0.05) is 16.1 Å². The number of aromatic nitrogens is 2. The van der Waals surface area contributed by atoms with Crippen molar-refractivity contribution in [2.24, 2.45) is 5.10 Å². The summed E-state index contributed by atoms with van der Waals surface area (Å²) in [5, 5.41) is 7.51. The van der Waals surface area contributed by atoms with Crippen molar-refractivity contribution in [3.8, 4) is 5.75 Å². The molecule has 4 rings (SSSR count). The summed E-state index contributed by atoms with van der Waals surface area (Å²) in [6.45, 7) is 3.78. The highest BCUT2D eigenvalue weighted by molar-refractivity contribution is 9.10. The van der Waals surface area contributed by atoms with Crippen LogP contribution in [0.4, 0.5) is 10.1 Å². The minimum absolute atomic E-state index is 0.0224. The number of carbonyl (C=O) groups excluding carboxylic acids is 1. The molecule has 0 spiro atoms. The number of fused-ring (bicyclic) bond motifs is 1. The van der Waals surface area contributed by atoms with Gasteiger partial charge in [0.1, 0.15) is 17.4 Å². The summed E-state index contributed by atoms with van der Waals surface area (Å²) in [6.07, 6.45) is 2.35. The van der Waals surface area contributed by atoms with Crippen LogP contribution in [0.3, 0.4) is 0 Å². The maximum Gasteiger partial charge on any atom is 0.282 e. The molecule has 0 aliphatic carbocycles. The Morgan fingerprint density at radius 2 is 2.00 bits per heavy atom. The van der Waals surface area contributed by atoms with Gasteiger partial charge < -0.3 is 10.1 Å². The van der Waals surface area contributed by atoms with Crippen LogP contribution in [0.25, 0.3) is 10.9 Å². The standard InChI is InChI=1S/C27H24BrFN4O3/c1-3-17(2)26-32-24-11-10-19(28)13-23(24)27(35)33(26)30-15-18-6-4-9-22(12-18)36-16-25(34)31-21-8-5-7-20(29)14-21/h4-15,17H,3,16H2,1-2H3,(H,31,34)/t17-/m0/s1.